The molecule has 4 amide bonds. The van der Waals surface area contributed by atoms with Gasteiger partial charge in [0.15, 0.2) is 0 Å². The lowest BCUT2D eigenvalue weighted by Gasteiger charge is -2.25. The molecule has 10 N–H and O–H groups in total. The number of carbonyl (C=O) groups excluding carboxylic acids is 4. The average Bonchev–Trinajstić information content (AvgIpc) is 2.71. The molecule has 0 spiro atoms. The molecule has 0 aliphatic carbocycles. The number of aliphatic carboxylic acids is 1. The summed E-state index contributed by atoms with van der Waals surface area (Å²) in [6.07, 6.45) is -2.16. The second-order valence-corrected chi connectivity index (χ2v) is 6.99. The van der Waals surface area contributed by atoms with Crippen LogP contribution in [0.2, 0.25) is 0 Å². The SMILES string of the molecule is CC(O)C(NC(=O)CN)C(=O)NC(Cc1ccc(O)cc1)C(=O)NC(CC(N)=O)C(=O)O. The van der Waals surface area contributed by atoms with Crippen LogP contribution in [0.1, 0.15) is 18.9 Å². The summed E-state index contributed by atoms with van der Waals surface area (Å²) in [5.41, 5.74) is 10.7. The summed E-state index contributed by atoms with van der Waals surface area (Å²) in [6.45, 7) is 0.796. The minimum atomic E-state index is -1.64. The predicted octanol–water partition coefficient (Wildman–Crippen LogP) is -3.31. The fourth-order valence-electron chi connectivity index (χ4n) is 2.65. The number of carboxylic acid groups (broad SMARTS) is 1. The van der Waals surface area contributed by atoms with Gasteiger partial charge in [-0.15, -0.1) is 0 Å². The van der Waals surface area contributed by atoms with Crippen molar-refractivity contribution in [3.8, 4) is 5.75 Å². The minimum Gasteiger partial charge on any atom is -0.508 e. The standard InChI is InChI=1S/C19H27N5O8/c1-9(25)16(24-15(28)8-20)18(30)22-12(6-10-2-4-11(26)5-3-10)17(29)23-13(19(31)32)7-14(21)27/h2-5,9,12-13,16,25-26H,6-8,20H2,1H3,(H2,21,27)(H,22,30)(H,23,29)(H,24,28)(H,31,32). The third-order valence-electron chi connectivity index (χ3n) is 4.30. The second kappa shape index (κ2) is 12.2. The van der Waals surface area contributed by atoms with Gasteiger partial charge in [-0.3, -0.25) is 19.2 Å². The summed E-state index contributed by atoms with van der Waals surface area (Å²) in [4.78, 5) is 59.4. The molecule has 4 atom stereocenters. The molecule has 0 aliphatic rings. The lowest BCUT2D eigenvalue weighted by molar-refractivity contribution is -0.143. The van der Waals surface area contributed by atoms with Crippen LogP contribution in [-0.2, 0) is 30.4 Å². The number of nitrogens with one attached hydrogen (secondary N) is 3. The zero-order valence-electron chi connectivity index (χ0n) is 17.3. The van der Waals surface area contributed by atoms with E-state index in [1.165, 1.54) is 31.2 Å². The molecule has 1 rings (SSSR count). The van der Waals surface area contributed by atoms with Crippen molar-refractivity contribution in [3.63, 3.8) is 0 Å². The first-order valence-electron chi connectivity index (χ1n) is 9.51. The summed E-state index contributed by atoms with van der Waals surface area (Å²) < 4.78 is 0. The molecular formula is C19H27N5O8. The van der Waals surface area contributed by atoms with Crippen LogP contribution in [0.25, 0.3) is 0 Å². The molecule has 13 heteroatoms. The Bertz CT molecular complexity index is 843. The maximum absolute atomic E-state index is 12.8. The second-order valence-electron chi connectivity index (χ2n) is 6.99. The highest BCUT2D eigenvalue weighted by Crippen LogP contribution is 2.12. The van der Waals surface area contributed by atoms with E-state index >= 15 is 0 Å². The van der Waals surface area contributed by atoms with Crippen LogP contribution in [0.15, 0.2) is 24.3 Å². The van der Waals surface area contributed by atoms with Crippen LogP contribution in [-0.4, -0.2) is 75.7 Å². The lowest BCUT2D eigenvalue weighted by Crippen LogP contribution is -2.59. The molecule has 1 aromatic carbocycles. The average molecular weight is 453 g/mol. The molecule has 13 nitrogen and oxygen atoms in total. The molecule has 0 saturated heterocycles. The molecule has 32 heavy (non-hydrogen) atoms. The first-order valence-corrected chi connectivity index (χ1v) is 9.51. The monoisotopic (exact) mass is 453 g/mol. The van der Waals surface area contributed by atoms with Gasteiger partial charge in [0, 0.05) is 6.42 Å². The molecular weight excluding hydrogens is 426 g/mol. The van der Waals surface area contributed by atoms with Crippen LogP contribution in [0.4, 0.5) is 0 Å². The van der Waals surface area contributed by atoms with Crippen LogP contribution in [0.5, 0.6) is 5.75 Å². The zero-order chi connectivity index (χ0) is 24.4. The van der Waals surface area contributed by atoms with Gasteiger partial charge in [0.25, 0.3) is 0 Å². The van der Waals surface area contributed by atoms with Crippen LogP contribution in [0.3, 0.4) is 0 Å². The quantitative estimate of drug-likeness (QED) is 0.158. The number of aliphatic hydroxyl groups is 1. The van der Waals surface area contributed by atoms with Gasteiger partial charge in [-0.05, 0) is 24.6 Å². The fraction of sp³-hybridized carbons (Fsp3) is 0.421. The molecule has 1 aromatic rings. The molecule has 0 aliphatic heterocycles. The Morgan fingerprint density at radius 1 is 0.969 bits per heavy atom. The van der Waals surface area contributed by atoms with E-state index in [0.29, 0.717) is 5.56 Å². The van der Waals surface area contributed by atoms with Gasteiger partial charge in [-0.2, -0.15) is 0 Å². The largest absolute Gasteiger partial charge is 0.508 e. The highest BCUT2D eigenvalue weighted by Gasteiger charge is 2.32. The Kier molecular flexibility index (Phi) is 10.1. The van der Waals surface area contributed by atoms with Gasteiger partial charge in [0.1, 0.15) is 23.9 Å². The molecule has 0 heterocycles. The van der Waals surface area contributed by atoms with Crippen molar-refractivity contribution < 1.29 is 39.3 Å². The Hall–Kier alpha value is -3.71. The third kappa shape index (κ3) is 8.57. The van der Waals surface area contributed by atoms with Crippen molar-refractivity contribution in [2.24, 2.45) is 11.5 Å². The number of phenols is 1. The molecule has 0 aromatic heterocycles. The van der Waals surface area contributed by atoms with Crippen molar-refractivity contribution in [1.29, 1.82) is 0 Å². The first kappa shape index (κ1) is 26.3. The zero-order valence-corrected chi connectivity index (χ0v) is 17.3. The molecule has 0 saturated carbocycles. The number of hydrogen-bond acceptors (Lipinski definition) is 8. The Labute approximate surface area is 183 Å². The number of aromatic hydroxyl groups is 1. The highest BCUT2D eigenvalue weighted by molar-refractivity contribution is 5.94. The van der Waals surface area contributed by atoms with E-state index in [9.17, 15) is 39.3 Å². The fourth-order valence-corrected chi connectivity index (χ4v) is 2.65. The number of aliphatic hydroxyl groups excluding tert-OH is 1. The van der Waals surface area contributed by atoms with Crippen molar-refractivity contribution in [3.05, 3.63) is 29.8 Å². The summed E-state index contributed by atoms with van der Waals surface area (Å²) in [5, 5.41) is 35.2. The number of amides is 4. The minimum absolute atomic E-state index is 0.0372. The number of carbonyl (C=O) groups is 5. The lowest BCUT2D eigenvalue weighted by atomic mass is 10.0. The van der Waals surface area contributed by atoms with Crippen molar-refractivity contribution in [2.75, 3.05) is 6.54 Å². The molecule has 0 bridgehead atoms. The van der Waals surface area contributed by atoms with E-state index in [1.54, 1.807) is 0 Å². The summed E-state index contributed by atoms with van der Waals surface area (Å²) in [7, 11) is 0. The molecule has 0 radical (unpaired) electrons. The highest BCUT2D eigenvalue weighted by atomic mass is 16.4. The molecule has 4 unspecified atom stereocenters. The summed E-state index contributed by atoms with van der Waals surface area (Å²) in [6, 6.07) is 1.20. The summed E-state index contributed by atoms with van der Waals surface area (Å²) >= 11 is 0. The Balaban J connectivity index is 3.12. The van der Waals surface area contributed by atoms with E-state index in [0.717, 1.165) is 0 Å². The number of phenolic OH excluding ortho intramolecular Hbond substituents is 1. The predicted molar refractivity (Wildman–Crippen MR) is 110 cm³/mol. The maximum Gasteiger partial charge on any atom is 0.326 e. The number of nitrogens with two attached hydrogens (primary N) is 2. The van der Waals surface area contributed by atoms with Crippen LogP contribution < -0.4 is 27.4 Å². The van der Waals surface area contributed by atoms with Crippen molar-refractivity contribution >= 4 is 29.6 Å². The van der Waals surface area contributed by atoms with E-state index in [4.69, 9.17) is 11.5 Å². The number of rotatable bonds is 12. The van der Waals surface area contributed by atoms with E-state index < -0.39 is 66.8 Å². The molecule has 0 fully saturated rings. The van der Waals surface area contributed by atoms with E-state index in [-0.39, 0.29) is 12.2 Å². The van der Waals surface area contributed by atoms with Gasteiger partial charge < -0.3 is 42.7 Å². The topological polar surface area (TPSA) is 234 Å². The number of hydrogen-bond donors (Lipinski definition) is 8. The molecule has 176 valence electrons. The maximum atomic E-state index is 12.8. The normalized spacial score (nSPS) is 14.3. The smallest absolute Gasteiger partial charge is 0.326 e. The third-order valence-corrected chi connectivity index (χ3v) is 4.30. The van der Waals surface area contributed by atoms with Gasteiger partial charge in [0.05, 0.1) is 19.1 Å². The van der Waals surface area contributed by atoms with Gasteiger partial charge >= 0.3 is 5.97 Å². The van der Waals surface area contributed by atoms with Crippen LogP contribution in [0, 0.1) is 0 Å². The van der Waals surface area contributed by atoms with Gasteiger partial charge in [-0.25, -0.2) is 4.79 Å². The Morgan fingerprint density at radius 3 is 2.00 bits per heavy atom. The first-order chi connectivity index (χ1) is 14.9. The van der Waals surface area contributed by atoms with Gasteiger partial charge in [-0.1, -0.05) is 12.1 Å². The van der Waals surface area contributed by atoms with Crippen LogP contribution >= 0.6 is 0 Å². The van der Waals surface area contributed by atoms with E-state index in [2.05, 4.69) is 16.0 Å². The van der Waals surface area contributed by atoms with E-state index in [1.807, 2.05) is 0 Å². The van der Waals surface area contributed by atoms with Crippen molar-refractivity contribution in [1.82, 2.24) is 16.0 Å². The number of benzene rings is 1. The number of primary amides is 1. The van der Waals surface area contributed by atoms with Crippen molar-refractivity contribution in [2.45, 2.75) is 44.0 Å². The number of carboxylic acids is 1. The Morgan fingerprint density at radius 2 is 1.53 bits per heavy atom. The summed E-state index contributed by atoms with van der Waals surface area (Å²) in [5.74, 6) is -5.11. The van der Waals surface area contributed by atoms with Gasteiger partial charge in [0.2, 0.25) is 23.6 Å².